The molecule has 0 aliphatic carbocycles. The number of aryl methyl sites for hydroxylation is 2. The number of aromatic nitrogens is 1. The molecule has 23 heavy (non-hydrogen) atoms. The van der Waals surface area contributed by atoms with Gasteiger partial charge in [-0.15, -0.1) is 0 Å². The van der Waals surface area contributed by atoms with E-state index in [-0.39, 0.29) is 0 Å². The van der Waals surface area contributed by atoms with E-state index in [1.165, 1.54) is 26.5 Å². The highest BCUT2D eigenvalue weighted by Gasteiger charge is 2.12. The minimum absolute atomic E-state index is 0.862. The van der Waals surface area contributed by atoms with Gasteiger partial charge >= 0.3 is 0 Å². The number of benzene rings is 2. The predicted octanol–water partition coefficient (Wildman–Crippen LogP) is 6.53. The van der Waals surface area contributed by atoms with Crippen molar-refractivity contribution in [3.63, 3.8) is 0 Å². The fraction of sp³-hybridized carbons (Fsp3) is 0.150. The summed E-state index contributed by atoms with van der Waals surface area (Å²) in [7, 11) is 0. The zero-order chi connectivity index (χ0) is 16.2. The van der Waals surface area contributed by atoms with Crippen LogP contribution in [0.2, 0.25) is 0 Å². The third-order valence-electron chi connectivity index (χ3n) is 3.82. The van der Waals surface area contributed by atoms with E-state index >= 15 is 0 Å². The molecule has 0 spiro atoms. The molecule has 0 aliphatic rings. The zero-order valence-corrected chi connectivity index (χ0v) is 15.6. The lowest BCUT2D eigenvalue weighted by molar-refractivity contribution is 1.08. The van der Waals surface area contributed by atoms with Crippen LogP contribution in [-0.2, 0) is 6.42 Å². The smallest absolute Gasteiger partial charge is 0.106 e. The Morgan fingerprint density at radius 1 is 1.00 bits per heavy atom. The molecule has 0 radical (unpaired) electrons. The van der Waals surface area contributed by atoms with Gasteiger partial charge in [-0.1, -0.05) is 61.2 Å². The van der Waals surface area contributed by atoms with Crippen molar-refractivity contribution in [1.29, 1.82) is 0 Å². The number of hydrogen-bond donors (Lipinski definition) is 0. The minimum Gasteiger partial charge on any atom is -0.249 e. The van der Waals surface area contributed by atoms with Crippen LogP contribution in [0.4, 0.5) is 0 Å². The van der Waals surface area contributed by atoms with Gasteiger partial charge in [-0.3, -0.25) is 0 Å². The second kappa shape index (κ2) is 7.33. The van der Waals surface area contributed by atoms with Gasteiger partial charge in [0.1, 0.15) is 4.60 Å². The fourth-order valence-electron chi connectivity index (χ4n) is 2.53. The van der Waals surface area contributed by atoms with Crippen molar-refractivity contribution < 1.29 is 0 Å². The first-order valence-corrected chi connectivity index (χ1v) is 9.27. The van der Waals surface area contributed by atoms with Crippen LogP contribution in [0.1, 0.15) is 18.1 Å². The molecule has 0 saturated heterocycles. The average Bonchev–Trinajstić information content (AvgIpc) is 2.58. The Bertz CT molecular complexity index is 812. The Balaban J connectivity index is 2.10. The third kappa shape index (κ3) is 3.67. The summed E-state index contributed by atoms with van der Waals surface area (Å²) < 4.78 is 0.862. The fourth-order valence-corrected chi connectivity index (χ4v) is 4.00. The lowest BCUT2D eigenvalue weighted by atomic mass is 10.0. The largest absolute Gasteiger partial charge is 0.249 e. The summed E-state index contributed by atoms with van der Waals surface area (Å²) in [6, 6.07) is 19.2. The van der Waals surface area contributed by atoms with Gasteiger partial charge in [-0.05, 0) is 58.1 Å². The van der Waals surface area contributed by atoms with Crippen LogP contribution in [0.3, 0.4) is 0 Å². The van der Waals surface area contributed by atoms with Crippen LogP contribution in [-0.4, -0.2) is 4.98 Å². The van der Waals surface area contributed by atoms with E-state index in [1.807, 2.05) is 24.0 Å². The van der Waals surface area contributed by atoms with Gasteiger partial charge in [-0.2, -0.15) is 0 Å². The van der Waals surface area contributed by atoms with Crippen molar-refractivity contribution in [2.45, 2.75) is 30.1 Å². The van der Waals surface area contributed by atoms with E-state index in [9.17, 15) is 0 Å². The Hall–Kier alpha value is -1.58. The van der Waals surface area contributed by atoms with E-state index in [2.05, 4.69) is 83.3 Å². The average molecular weight is 384 g/mol. The van der Waals surface area contributed by atoms with Crippen LogP contribution in [0.25, 0.3) is 11.1 Å². The molecular formula is C20H18BrNS. The van der Waals surface area contributed by atoms with Gasteiger partial charge < -0.3 is 0 Å². The first-order chi connectivity index (χ1) is 11.2. The highest BCUT2D eigenvalue weighted by molar-refractivity contribution is 9.10. The molecule has 0 fully saturated rings. The number of pyridine rings is 1. The molecule has 3 rings (SSSR count). The molecule has 2 aromatic carbocycles. The summed E-state index contributed by atoms with van der Waals surface area (Å²) in [5.74, 6) is 0. The summed E-state index contributed by atoms with van der Waals surface area (Å²) in [4.78, 5) is 7.02. The molecule has 1 heterocycles. The number of rotatable bonds is 4. The van der Waals surface area contributed by atoms with Gasteiger partial charge in [-0.25, -0.2) is 4.98 Å². The van der Waals surface area contributed by atoms with Gasteiger partial charge in [0.25, 0.3) is 0 Å². The standard InChI is InChI=1S/C20H18BrNS/c1-3-15-8-6-9-17(16-11-12-19(21)22-13-16)20(15)23-18-10-5-4-7-14(18)2/h4-13H,3H2,1-2H3. The summed E-state index contributed by atoms with van der Waals surface area (Å²) in [5.41, 5.74) is 5.08. The maximum absolute atomic E-state index is 4.38. The van der Waals surface area contributed by atoms with E-state index in [4.69, 9.17) is 0 Å². The van der Waals surface area contributed by atoms with Crippen LogP contribution in [0, 0.1) is 6.92 Å². The van der Waals surface area contributed by atoms with Crippen molar-refractivity contribution in [3.05, 3.63) is 76.5 Å². The van der Waals surface area contributed by atoms with E-state index in [1.54, 1.807) is 0 Å². The SMILES string of the molecule is CCc1cccc(-c2ccc(Br)nc2)c1Sc1ccccc1C. The quantitative estimate of drug-likeness (QED) is 0.474. The van der Waals surface area contributed by atoms with Crippen molar-refractivity contribution in [2.75, 3.05) is 0 Å². The molecule has 1 nitrogen and oxygen atoms in total. The van der Waals surface area contributed by atoms with Crippen molar-refractivity contribution >= 4 is 27.7 Å². The monoisotopic (exact) mass is 383 g/mol. The Morgan fingerprint density at radius 2 is 1.83 bits per heavy atom. The van der Waals surface area contributed by atoms with Crippen molar-refractivity contribution in [2.24, 2.45) is 0 Å². The van der Waals surface area contributed by atoms with E-state index in [0.29, 0.717) is 0 Å². The van der Waals surface area contributed by atoms with Gasteiger partial charge in [0.05, 0.1) is 0 Å². The Labute approximate surface area is 150 Å². The Kier molecular flexibility index (Phi) is 5.19. The molecule has 0 N–H and O–H groups in total. The predicted molar refractivity (Wildman–Crippen MR) is 102 cm³/mol. The molecule has 3 aromatic rings. The van der Waals surface area contributed by atoms with Crippen LogP contribution in [0.15, 0.2) is 75.2 Å². The molecule has 0 unspecified atom stereocenters. The van der Waals surface area contributed by atoms with Crippen LogP contribution < -0.4 is 0 Å². The van der Waals surface area contributed by atoms with Crippen molar-refractivity contribution in [3.8, 4) is 11.1 Å². The third-order valence-corrected chi connectivity index (χ3v) is 5.65. The van der Waals surface area contributed by atoms with E-state index < -0.39 is 0 Å². The molecular weight excluding hydrogens is 366 g/mol. The number of halogens is 1. The summed E-state index contributed by atoms with van der Waals surface area (Å²) in [6.45, 7) is 4.37. The van der Waals surface area contributed by atoms with Crippen LogP contribution in [0.5, 0.6) is 0 Å². The first kappa shape index (κ1) is 16.3. The van der Waals surface area contributed by atoms with E-state index in [0.717, 1.165) is 16.6 Å². The summed E-state index contributed by atoms with van der Waals surface area (Å²) in [6.07, 6.45) is 2.95. The molecule has 0 atom stereocenters. The van der Waals surface area contributed by atoms with Gasteiger partial charge in [0.2, 0.25) is 0 Å². The summed E-state index contributed by atoms with van der Waals surface area (Å²) in [5, 5.41) is 0. The molecule has 0 aliphatic heterocycles. The normalized spacial score (nSPS) is 10.7. The molecule has 3 heteroatoms. The second-order valence-electron chi connectivity index (χ2n) is 5.38. The molecule has 1 aromatic heterocycles. The molecule has 0 saturated carbocycles. The Morgan fingerprint density at radius 3 is 2.52 bits per heavy atom. The maximum atomic E-state index is 4.38. The van der Waals surface area contributed by atoms with Gasteiger partial charge in [0, 0.05) is 21.6 Å². The number of hydrogen-bond acceptors (Lipinski definition) is 2. The van der Waals surface area contributed by atoms with Gasteiger partial charge in [0.15, 0.2) is 0 Å². The zero-order valence-electron chi connectivity index (χ0n) is 13.2. The highest BCUT2D eigenvalue weighted by Crippen LogP contribution is 2.39. The summed E-state index contributed by atoms with van der Waals surface area (Å²) >= 11 is 5.26. The minimum atomic E-state index is 0.862. The highest BCUT2D eigenvalue weighted by atomic mass is 79.9. The lowest BCUT2D eigenvalue weighted by Gasteiger charge is -2.15. The van der Waals surface area contributed by atoms with Crippen LogP contribution >= 0.6 is 27.7 Å². The molecule has 0 bridgehead atoms. The second-order valence-corrected chi connectivity index (χ2v) is 7.25. The topological polar surface area (TPSA) is 12.9 Å². The lowest BCUT2D eigenvalue weighted by Crippen LogP contribution is -1.91. The maximum Gasteiger partial charge on any atom is 0.106 e. The van der Waals surface area contributed by atoms with Crippen molar-refractivity contribution in [1.82, 2.24) is 4.98 Å². The number of nitrogens with zero attached hydrogens (tertiary/aromatic N) is 1. The molecule has 116 valence electrons. The molecule has 0 amide bonds. The first-order valence-electron chi connectivity index (χ1n) is 7.66.